The maximum atomic E-state index is 13.1. The van der Waals surface area contributed by atoms with Crippen molar-refractivity contribution in [3.05, 3.63) is 28.7 Å². The van der Waals surface area contributed by atoms with E-state index >= 15 is 0 Å². The van der Waals surface area contributed by atoms with Crippen LogP contribution in [0.4, 0.5) is 5.13 Å². The van der Waals surface area contributed by atoms with E-state index in [9.17, 15) is 24.3 Å². The number of ether oxygens (including phenoxy) is 1. The molecule has 0 radical (unpaired) electrons. The summed E-state index contributed by atoms with van der Waals surface area (Å²) in [5.41, 5.74) is 7.95. The molecule has 39 heavy (non-hydrogen) atoms. The number of thioether (sulfide) groups is 1. The quantitative estimate of drug-likeness (QED) is 0.0930. The number of carbonyl (C=O) groups is 4. The smallest absolute Gasteiger partial charge is 0.352 e. The number of nitrogens with one attached hydrogen (secondary N) is 2. The van der Waals surface area contributed by atoms with Gasteiger partial charge in [-0.1, -0.05) is 5.16 Å². The lowest BCUT2D eigenvalue weighted by Gasteiger charge is -2.49. The number of aliphatic carboxylic acids is 1. The number of esters is 1. The molecule has 2 atom stereocenters. The molecule has 0 saturated carbocycles. The predicted octanol–water partition coefficient (Wildman–Crippen LogP) is 0.509. The number of anilines is 1. The van der Waals surface area contributed by atoms with Gasteiger partial charge in [0.05, 0.1) is 0 Å². The molecule has 15 nitrogen and oxygen atoms in total. The number of oxime groups is 1. The number of fused-ring (bicyclic) bond motifs is 1. The van der Waals surface area contributed by atoms with Gasteiger partial charge in [0.25, 0.3) is 11.8 Å². The minimum Gasteiger partial charge on any atom is -0.477 e. The van der Waals surface area contributed by atoms with Gasteiger partial charge < -0.3 is 31.2 Å². The van der Waals surface area contributed by atoms with E-state index in [1.165, 1.54) is 40.6 Å². The van der Waals surface area contributed by atoms with E-state index in [0.717, 1.165) is 11.5 Å². The summed E-state index contributed by atoms with van der Waals surface area (Å²) >= 11 is 4.92. The molecule has 1 fully saturated rings. The first-order valence-electron chi connectivity index (χ1n) is 11.2. The SMILES string of the molecule is CC(C)(C)OC(=O)CON=C(C(=O)NC1C(=O)N2C(C(=O)O)=C(CSN3NC=CS3)CS[C@@H]12)c1nsc(N)n1. The van der Waals surface area contributed by atoms with Crippen molar-refractivity contribution >= 4 is 81.8 Å². The van der Waals surface area contributed by atoms with Gasteiger partial charge in [-0.2, -0.15) is 9.36 Å². The van der Waals surface area contributed by atoms with Crippen LogP contribution in [0.15, 0.2) is 28.0 Å². The third-order valence-electron chi connectivity index (χ3n) is 4.92. The molecule has 1 saturated heterocycles. The fraction of sp³-hybridized carbons (Fsp3) is 0.450. The van der Waals surface area contributed by atoms with Gasteiger partial charge in [0, 0.05) is 34.6 Å². The van der Waals surface area contributed by atoms with Gasteiger partial charge in [0.15, 0.2) is 5.13 Å². The first-order valence-corrected chi connectivity index (χ1v) is 14.8. The van der Waals surface area contributed by atoms with E-state index in [4.69, 9.17) is 15.3 Å². The third-order valence-corrected chi connectivity index (χ3v) is 8.75. The number of nitrogens with zero attached hydrogens (tertiary/aromatic N) is 5. The average Bonchev–Trinajstić information content (AvgIpc) is 3.53. The van der Waals surface area contributed by atoms with E-state index in [1.807, 2.05) is 5.41 Å². The lowest BCUT2D eigenvalue weighted by Crippen LogP contribution is -2.71. The Balaban J connectivity index is 1.44. The molecule has 0 aromatic carbocycles. The number of nitrogens with two attached hydrogens (primary N) is 1. The maximum Gasteiger partial charge on any atom is 0.352 e. The van der Waals surface area contributed by atoms with Crippen LogP contribution in [0.5, 0.6) is 0 Å². The Morgan fingerprint density at radius 1 is 1.38 bits per heavy atom. The molecule has 19 heteroatoms. The summed E-state index contributed by atoms with van der Waals surface area (Å²) < 4.78 is 10.9. The van der Waals surface area contributed by atoms with Crippen LogP contribution in [0.25, 0.3) is 0 Å². The number of carboxylic acid groups (broad SMARTS) is 1. The van der Waals surface area contributed by atoms with Crippen molar-refractivity contribution in [2.75, 3.05) is 23.8 Å². The molecule has 2 amide bonds. The summed E-state index contributed by atoms with van der Waals surface area (Å²) in [6.07, 6.45) is 1.75. The molecule has 3 aliphatic heterocycles. The van der Waals surface area contributed by atoms with Crippen molar-refractivity contribution in [2.24, 2.45) is 5.16 Å². The van der Waals surface area contributed by atoms with E-state index < -0.39 is 53.1 Å². The standard InChI is InChI=1S/C20H24N8O7S4/c1-20(2,3)35-10(29)6-34-25-11(14-24-19(21)39-26-14)15(30)23-12-16(31)27-13(18(32)33)9(7-36-17(12)27)8-38-28-22-4-5-37-28/h4-5,12,17,22H,6-8H2,1-3H3,(H,23,30)(H,32,33)(H2,21,24,26)/t12?,17-/m0/s1. The Hall–Kier alpha value is -3.00. The number of hydrogen-bond donors (Lipinski definition) is 4. The van der Waals surface area contributed by atoms with Gasteiger partial charge in [-0.15, -0.1) is 15.6 Å². The second kappa shape index (κ2) is 12.0. The summed E-state index contributed by atoms with van der Waals surface area (Å²) in [6, 6.07) is -1.03. The number of hydrogen-bond acceptors (Lipinski definition) is 16. The highest BCUT2D eigenvalue weighted by molar-refractivity contribution is 8.13. The number of aromatic nitrogens is 2. The van der Waals surface area contributed by atoms with Crippen molar-refractivity contribution < 1.29 is 33.9 Å². The highest BCUT2D eigenvalue weighted by atomic mass is 32.2. The van der Waals surface area contributed by atoms with E-state index in [-0.39, 0.29) is 16.7 Å². The number of β-lactam (4-membered cyclic amide) rings is 1. The minimum absolute atomic E-state index is 0.0614. The summed E-state index contributed by atoms with van der Waals surface area (Å²) in [5.74, 6) is -2.84. The Labute approximate surface area is 239 Å². The molecule has 3 aliphatic rings. The molecular weight excluding hydrogens is 593 g/mol. The van der Waals surface area contributed by atoms with Crippen molar-refractivity contribution in [3.8, 4) is 0 Å². The molecule has 1 aromatic heterocycles. The number of carboxylic acids is 1. The van der Waals surface area contributed by atoms with Gasteiger partial charge in [-0.25, -0.2) is 9.59 Å². The average molecular weight is 617 g/mol. The number of rotatable bonds is 10. The highest BCUT2D eigenvalue weighted by Gasteiger charge is 2.54. The largest absolute Gasteiger partial charge is 0.477 e. The first kappa shape index (κ1) is 29.0. The number of hydrazine groups is 1. The molecule has 210 valence electrons. The normalized spacial score (nSPS) is 21.3. The Kier molecular flexibility index (Phi) is 8.94. The zero-order chi connectivity index (χ0) is 28.3. The molecule has 4 heterocycles. The molecular formula is C20H24N8O7S4. The first-order chi connectivity index (χ1) is 18.4. The molecule has 0 spiro atoms. The fourth-order valence-corrected chi connectivity index (χ4v) is 6.91. The molecule has 0 bridgehead atoms. The van der Waals surface area contributed by atoms with Crippen molar-refractivity contribution in [1.29, 1.82) is 0 Å². The molecule has 4 rings (SSSR count). The van der Waals surface area contributed by atoms with Crippen LogP contribution in [0, 0.1) is 0 Å². The van der Waals surface area contributed by atoms with Crippen molar-refractivity contribution in [3.63, 3.8) is 0 Å². The highest BCUT2D eigenvalue weighted by Crippen LogP contribution is 2.41. The van der Waals surface area contributed by atoms with Gasteiger partial charge in [0.2, 0.25) is 18.1 Å². The maximum absolute atomic E-state index is 13.1. The van der Waals surface area contributed by atoms with E-state index in [1.54, 1.807) is 30.8 Å². The summed E-state index contributed by atoms with van der Waals surface area (Å²) in [6.45, 7) is 4.47. The van der Waals surface area contributed by atoms with E-state index in [0.29, 0.717) is 17.1 Å². The fourth-order valence-electron chi connectivity index (χ4n) is 3.45. The van der Waals surface area contributed by atoms with Crippen molar-refractivity contribution in [1.82, 2.24) is 28.8 Å². The van der Waals surface area contributed by atoms with Gasteiger partial charge in [0.1, 0.15) is 22.7 Å². The van der Waals surface area contributed by atoms with Crippen LogP contribution in [-0.2, 0) is 28.8 Å². The number of amides is 2. The Morgan fingerprint density at radius 3 is 2.77 bits per heavy atom. The lowest BCUT2D eigenvalue weighted by atomic mass is 10.0. The summed E-state index contributed by atoms with van der Waals surface area (Å²) in [7, 11) is 0. The second-order valence-corrected chi connectivity index (χ2v) is 12.8. The second-order valence-electron chi connectivity index (χ2n) is 8.94. The number of nitrogen functional groups attached to an aromatic ring is 1. The monoisotopic (exact) mass is 616 g/mol. The topological polar surface area (TPSA) is 202 Å². The van der Waals surface area contributed by atoms with Crippen LogP contribution in [0.2, 0.25) is 0 Å². The Bertz CT molecular complexity index is 1250. The zero-order valence-electron chi connectivity index (χ0n) is 20.8. The van der Waals surface area contributed by atoms with Crippen LogP contribution in [0.1, 0.15) is 26.6 Å². The lowest BCUT2D eigenvalue weighted by molar-refractivity contribution is -0.160. The molecule has 1 aromatic rings. The minimum atomic E-state index is -1.23. The van der Waals surface area contributed by atoms with Crippen LogP contribution < -0.4 is 16.5 Å². The Morgan fingerprint density at radius 2 is 2.15 bits per heavy atom. The van der Waals surface area contributed by atoms with Crippen LogP contribution in [0.3, 0.4) is 0 Å². The third kappa shape index (κ3) is 6.96. The van der Waals surface area contributed by atoms with Crippen LogP contribution in [-0.4, -0.2) is 87.8 Å². The molecule has 5 N–H and O–H groups in total. The zero-order valence-corrected chi connectivity index (χ0v) is 24.0. The van der Waals surface area contributed by atoms with Crippen LogP contribution >= 0.6 is 47.2 Å². The number of carbonyl (C=O) groups excluding carboxylic acids is 3. The van der Waals surface area contributed by atoms with E-state index in [2.05, 4.69) is 25.3 Å². The summed E-state index contributed by atoms with van der Waals surface area (Å²) in [5, 5.41) is 17.4. The van der Waals surface area contributed by atoms with Gasteiger partial charge in [-0.05, 0) is 50.2 Å². The van der Waals surface area contributed by atoms with Gasteiger partial charge >= 0.3 is 11.9 Å². The van der Waals surface area contributed by atoms with Crippen molar-refractivity contribution in [2.45, 2.75) is 37.8 Å². The summed E-state index contributed by atoms with van der Waals surface area (Å²) in [4.78, 5) is 60.3. The predicted molar refractivity (Wildman–Crippen MR) is 147 cm³/mol. The molecule has 0 aliphatic carbocycles. The van der Waals surface area contributed by atoms with Gasteiger partial charge in [-0.3, -0.25) is 14.5 Å². The molecule has 1 unspecified atom stereocenters.